The van der Waals surface area contributed by atoms with E-state index in [4.69, 9.17) is 5.73 Å². The van der Waals surface area contributed by atoms with Crippen LogP contribution in [0.3, 0.4) is 0 Å². The molecule has 0 aliphatic carbocycles. The molecule has 3 N–H and O–H groups in total. The van der Waals surface area contributed by atoms with Crippen molar-refractivity contribution in [2.24, 2.45) is 11.1 Å². The van der Waals surface area contributed by atoms with E-state index in [1.807, 2.05) is 0 Å². The average Bonchev–Trinajstić information content (AvgIpc) is 2.76. The highest BCUT2D eigenvalue weighted by Crippen LogP contribution is 2.25. The van der Waals surface area contributed by atoms with Gasteiger partial charge in [-0.1, -0.05) is 13.8 Å². The minimum atomic E-state index is 0.100. The number of carbonyl (C=O) groups is 1. The topological polar surface area (TPSA) is 68.0 Å². The number of hydrogen-bond donors (Lipinski definition) is 2. The molecule has 0 atom stereocenters. The zero-order valence-corrected chi connectivity index (χ0v) is 11.3. The molecule has 1 aromatic rings. The van der Waals surface area contributed by atoms with Crippen molar-refractivity contribution in [1.29, 1.82) is 0 Å². The van der Waals surface area contributed by atoms with E-state index in [9.17, 15) is 4.79 Å². The monoisotopic (exact) mass is 255 g/mol. The highest BCUT2D eigenvalue weighted by Gasteiger charge is 2.18. The van der Waals surface area contributed by atoms with Gasteiger partial charge in [-0.2, -0.15) is 0 Å². The number of rotatable bonds is 7. The van der Waals surface area contributed by atoms with E-state index in [-0.39, 0.29) is 11.3 Å². The van der Waals surface area contributed by atoms with Crippen molar-refractivity contribution in [3.05, 3.63) is 16.6 Å². The largest absolute Gasteiger partial charge is 0.351 e. The number of amides is 1. The third-order valence-electron chi connectivity index (χ3n) is 2.79. The molecule has 0 fully saturated rings. The zero-order chi connectivity index (χ0) is 12.7. The SMILES string of the molecule is CC(C)(CCN)CCC(=O)NCc1cncs1. The fourth-order valence-corrected chi connectivity index (χ4v) is 2.11. The molecular formula is C12H21N3OS. The maximum absolute atomic E-state index is 11.6. The van der Waals surface area contributed by atoms with Crippen LogP contribution >= 0.6 is 11.3 Å². The maximum Gasteiger partial charge on any atom is 0.220 e. The predicted octanol–water partition coefficient (Wildman–Crippen LogP) is 1.91. The second-order valence-corrected chi connectivity index (χ2v) is 5.92. The van der Waals surface area contributed by atoms with Crippen LogP contribution in [0.25, 0.3) is 0 Å². The molecule has 0 radical (unpaired) electrons. The minimum absolute atomic E-state index is 0.100. The van der Waals surface area contributed by atoms with E-state index in [1.165, 1.54) is 0 Å². The van der Waals surface area contributed by atoms with Gasteiger partial charge in [-0.3, -0.25) is 9.78 Å². The van der Waals surface area contributed by atoms with Gasteiger partial charge in [0, 0.05) is 17.5 Å². The van der Waals surface area contributed by atoms with Crippen LogP contribution in [0.1, 0.15) is 38.0 Å². The molecule has 1 amide bonds. The molecular weight excluding hydrogens is 234 g/mol. The van der Waals surface area contributed by atoms with Crippen LogP contribution in [0.15, 0.2) is 11.7 Å². The summed E-state index contributed by atoms with van der Waals surface area (Å²) in [5.41, 5.74) is 7.46. The van der Waals surface area contributed by atoms with Crippen molar-refractivity contribution < 1.29 is 4.79 Å². The molecule has 5 heteroatoms. The van der Waals surface area contributed by atoms with Crippen LogP contribution in [0.2, 0.25) is 0 Å². The van der Waals surface area contributed by atoms with Gasteiger partial charge in [0.15, 0.2) is 0 Å². The Kier molecular flexibility index (Phi) is 5.58. The normalized spacial score (nSPS) is 11.5. The first kappa shape index (κ1) is 14.1. The van der Waals surface area contributed by atoms with Crippen molar-refractivity contribution in [2.45, 2.75) is 39.7 Å². The second kappa shape index (κ2) is 6.71. The Bertz CT molecular complexity index is 336. The summed E-state index contributed by atoms with van der Waals surface area (Å²) in [5, 5.41) is 2.90. The summed E-state index contributed by atoms with van der Waals surface area (Å²) in [6, 6.07) is 0. The minimum Gasteiger partial charge on any atom is -0.351 e. The third-order valence-corrected chi connectivity index (χ3v) is 3.57. The molecule has 0 aliphatic rings. The Morgan fingerprint density at radius 1 is 1.53 bits per heavy atom. The van der Waals surface area contributed by atoms with E-state index < -0.39 is 0 Å². The average molecular weight is 255 g/mol. The lowest BCUT2D eigenvalue weighted by Crippen LogP contribution is -2.25. The van der Waals surface area contributed by atoms with Gasteiger partial charge in [0.25, 0.3) is 0 Å². The summed E-state index contributed by atoms with van der Waals surface area (Å²) in [5.74, 6) is 0.100. The van der Waals surface area contributed by atoms with E-state index in [2.05, 4.69) is 24.1 Å². The Morgan fingerprint density at radius 2 is 2.29 bits per heavy atom. The Balaban J connectivity index is 2.21. The Morgan fingerprint density at radius 3 is 2.88 bits per heavy atom. The second-order valence-electron chi connectivity index (χ2n) is 4.95. The highest BCUT2D eigenvalue weighted by atomic mass is 32.1. The zero-order valence-electron chi connectivity index (χ0n) is 10.5. The molecule has 1 aromatic heterocycles. The quantitative estimate of drug-likeness (QED) is 0.782. The molecule has 1 rings (SSSR count). The molecule has 1 heterocycles. The van der Waals surface area contributed by atoms with E-state index in [1.54, 1.807) is 23.0 Å². The number of thiazole rings is 1. The van der Waals surface area contributed by atoms with Crippen molar-refractivity contribution >= 4 is 17.2 Å². The molecule has 0 saturated carbocycles. The Labute approximate surface area is 107 Å². The van der Waals surface area contributed by atoms with Crippen molar-refractivity contribution in [1.82, 2.24) is 10.3 Å². The van der Waals surface area contributed by atoms with Gasteiger partial charge in [-0.05, 0) is 24.8 Å². The fourth-order valence-electron chi connectivity index (χ4n) is 1.57. The molecule has 0 aliphatic heterocycles. The standard InChI is InChI=1S/C12H21N3OS/c1-12(2,5-6-13)4-3-11(16)15-8-10-7-14-9-17-10/h7,9H,3-6,8,13H2,1-2H3,(H,15,16). The number of nitrogens with two attached hydrogens (primary N) is 1. The summed E-state index contributed by atoms with van der Waals surface area (Å²) in [6.07, 6.45) is 4.17. The number of nitrogens with one attached hydrogen (secondary N) is 1. The lowest BCUT2D eigenvalue weighted by molar-refractivity contribution is -0.121. The third kappa shape index (κ3) is 5.79. The molecule has 0 spiro atoms. The van der Waals surface area contributed by atoms with Gasteiger partial charge in [0.05, 0.1) is 12.1 Å². The van der Waals surface area contributed by atoms with Crippen LogP contribution in [0, 0.1) is 5.41 Å². The van der Waals surface area contributed by atoms with E-state index in [0.717, 1.165) is 17.7 Å². The molecule has 0 aromatic carbocycles. The number of carbonyl (C=O) groups excluding carboxylic acids is 1. The Hall–Kier alpha value is -0.940. The summed E-state index contributed by atoms with van der Waals surface area (Å²) in [6.45, 7) is 5.56. The van der Waals surface area contributed by atoms with Gasteiger partial charge in [-0.15, -0.1) is 11.3 Å². The van der Waals surface area contributed by atoms with Crippen LogP contribution in [-0.2, 0) is 11.3 Å². The molecule has 0 unspecified atom stereocenters. The van der Waals surface area contributed by atoms with Gasteiger partial charge >= 0.3 is 0 Å². The van der Waals surface area contributed by atoms with Gasteiger partial charge in [-0.25, -0.2) is 0 Å². The summed E-state index contributed by atoms with van der Waals surface area (Å²) >= 11 is 1.55. The number of nitrogens with zero attached hydrogens (tertiary/aromatic N) is 1. The number of aromatic nitrogens is 1. The van der Waals surface area contributed by atoms with Crippen LogP contribution < -0.4 is 11.1 Å². The first-order valence-corrected chi connectivity index (χ1v) is 6.75. The molecule has 0 bridgehead atoms. The summed E-state index contributed by atoms with van der Waals surface area (Å²) < 4.78 is 0. The van der Waals surface area contributed by atoms with Crippen molar-refractivity contribution in [2.75, 3.05) is 6.54 Å². The predicted molar refractivity (Wildman–Crippen MR) is 70.6 cm³/mol. The fraction of sp³-hybridized carbons (Fsp3) is 0.667. The molecule has 96 valence electrons. The van der Waals surface area contributed by atoms with Gasteiger partial charge < -0.3 is 11.1 Å². The summed E-state index contributed by atoms with van der Waals surface area (Å²) in [7, 11) is 0. The first-order chi connectivity index (χ1) is 8.03. The van der Waals surface area contributed by atoms with Crippen molar-refractivity contribution in [3.8, 4) is 0 Å². The first-order valence-electron chi connectivity index (χ1n) is 5.88. The smallest absolute Gasteiger partial charge is 0.220 e. The van der Waals surface area contributed by atoms with E-state index >= 15 is 0 Å². The van der Waals surface area contributed by atoms with E-state index in [0.29, 0.717) is 19.5 Å². The molecule has 0 saturated heterocycles. The van der Waals surface area contributed by atoms with Crippen LogP contribution in [0.5, 0.6) is 0 Å². The van der Waals surface area contributed by atoms with Crippen LogP contribution in [-0.4, -0.2) is 17.4 Å². The van der Waals surface area contributed by atoms with Gasteiger partial charge in [0.2, 0.25) is 5.91 Å². The van der Waals surface area contributed by atoms with Crippen LogP contribution in [0.4, 0.5) is 0 Å². The number of hydrogen-bond acceptors (Lipinski definition) is 4. The lowest BCUT2D eigenvalue weighted by atomic mass is 9.84. The summed E-state index contributed by atoms with van der Waals surface area (Å²) in [4.78, 5) is 16.7. The lowest BCUT2D eigenvalue weighted by Gasteiger charge is -2.23. The van der Waals surface area contributed by atoms with Crippen molar-refractivity contribution in [3.63, 3.8) is 0 Å². The highest BCUT2D eigenvalue weighted by molar-refractivity contribution is 7.09. The molecule has 4 nitrogen and oxygen atoms in total. The molecule has 17 heavy (non-hydrogen) atoms. The van der Waals surface area contributed by atoms with Gasteiger partial charge in [0.1, 0.15) is 0 Å². The maximum atomic E-state index is 11.6.